The summed E-state index contributed by atoms with van der Waals surface area (Å²) in [6.45, 7) is 4.99. The van der Waals surface area contributed by atoms with Gasteiger partial charge in [-0.3, -0.25) is 0 Å². The Bertz CT molecular complexity index is 413. The Labute approximate surface area is 108 Å². The second-order valence-corrected chi connectivity index (χ2v) is 4.05. The van der Waals surface area contributed by atoms with Crippen molar-refractivity contribution in [2.45, 2.75) is 32.8 Å². The van der Waals surface area contributed by atoms with E-state index in [4.69, 9.17) is 20.5 Å². The monoisotopic (exact) mass is 248 g/mol. The largest absolute Gasteiger partial charge is 0.493 e. The number of nitrogens with two attached hydrogens (primary N) is 1. The molecule has 0 radical (unpaired) electrons. The molecule has 0 amide bonds. The molecule has 0 saturated carbocycles. The second kappa shape index (κ2) is 7.57. The Hall–Kier alpha value is -1.73. The molecule has 4 heteroatoms. The van der Waals surface area contributed by atoms with Gasteiger partial charge in [0.05, 0.1) is 6.61 Å². The van der Waals surface area contributed by atoms with Gasteiger partial charge in [0.1, 0.15) is 17.6 Å². The molecular formula is C14H20N2O2. The minimum atomic E-state index is -0.483. The highest BCUT2D eigenvalue weighted by atomic mass is 16.5. The van der Waals surface area contributed by atoms with Crippen molar-refractivity contribution in [1.82, 2.24) is 0 Å². The highest BCUT2D eigenvalue weighted by Gasteiger charge is 2.09. The van der Waals surface area contributed by atoms with E-state index in [0.717, 1.165) is 24.2 Å². The number of benzene rings is 1. The maximum Gasteiger partial charge on any atom is 0.181 e. The van der Waals surface area contributed by atoms with Crippen LogP contribution in [0.2, 0.25) is 0 Å². The molecule has 1 unspecified atom stereocenters. The first-order valence-corrected chi connectivity index (χ1v) is 6.23. The number of hydrogen-bond donors (Lipinski definition) is 1. The van der Waals surface area contributed by atoms with Gasteiger partial charge in [0.15, 0.2) is 6.10 Å². The van der Waals surface area contributed by atoms with Crippen LogP contribution in [0.4, 0.5) is 0 Å². The normalized spacial score (nSPS) is 11.7. The van der Waals surface area contributed by atoms with Gasteiger partial charge >= 0.3 is 0 Å². The topological polar surface area (TPSA) is 68.3 Å². The zero-order valence-electron chi connectivity index (χ0n) is 11.0. The molecule has 98 valence electrons. The molecule has 0 aliphatic rings. The Morgan fingerprint density at radius 2 is 2.22 bits per heavy atom. The maximum atomic E-state index is 8.80. The maximum absolute atomic E-state index is 8.80. The second-order valence-electron chi connectivity index (χ2n) is 4.05. The van der Waals surface area contributed by atoms with Crippen molar-refractivity contribution >= 4 is 0 Å². The molecule has 0 aliphatic carbocycles. The third kappa shape index (κ3) is 4.27. The molecule has 1 aromatic rings. The molecule has 0 aromatic heterocycles. The van der Waals surface area contributed by atoms with Crippen LogP contribution in [0.5, 0.6) is 11.5 Å². The predicted octanol–water partition coefficient (Wildman–Crippen LogP) is 2.27. The van der Waals surface area contributed by atoms with E-state index in [2.05, 4.69) is 13.0 Å². The summed E-state index contributed by atoms with van der Waals surface area (Å²) in [5, 5.41) is 8.80. The fourth-order valence-electron chi connectivity index (χ4n) is 1.53. The summed E-state index contributed by atoms with van der Waals surface area (Å²) in [5.74, 6) is 1.45. The van der Waals surface area contributed by atoms with Gasteiger partial charge < -0.3 is 15.2 Å². The van der Waals surface area contributed by atoms with Crippen molar-refractivity contribution in [3.05, 3.63) is 23.8 Å². The van der Waals surface area contributed by atoms with E-state index in [0.29, 0.717) is 18.9 Å². The van der Waals surface area contributed by atoms with Crippen LogP contribution in [0.3, 0.4) is 0 Å². The zero-order valence-corrected chi connectivity index (χ0v) is 11.0. The highest BCUT2D eigenvalue weighted by molar-refractivity contribution is 5.41. The number of nitriles is 1. The summed E-state index contributed by atoms with van der Waals surface area (Å²) < 4.78 is 11.1. The highest BCUT2D eigenvalue weighted by Crippen LogP contribution is 2.26. The van der Waals surface area contributed by atoms with Gasteiger partial charge in [-0.25, -0.2) is 0 Å². The van der Waals surface area contributed by atoms with Crippen molar-refractivity contribution in [3.63, 3.8) is 0 Å². The van der Waals surface area contributed by atoms with Crippen molar-refractivity contribution < 1.29 is 9.47 Å². The SMILES string of the molecule is CCCOc1ccc(CCN)c(OC(C)C#N)c1. The van der Waals surface area contributed by atoms with Gasteiger partial charge in [0, 0.05) is 6.07 Å². The van der Waals surface area contributed by atoms with Crippen LogP contribution < -0.4 is 15.2 Å². The summed E-state index contributed by atoms with van der Waals surface area (Å²) in [7, 11) is 0. The van der Waals surface area contributed by atoms with Gasteiger partial charge in [0.25, 0.3) is 0 Å². The summed E-state index contributed by atoms with van der Waals surface area (Å²) in [4.78, 5) is 0. The fourth-order valence-corrected chi connectivity index (χ4v) is 1.53. The Morgan fingerprint density at radius 3 is 2.83 bits per heavy atom. The van der Waals surface area contributed by atoms with Crippen molar-refractivity contribution in [3.8, 4) is 17.6 Å². The van der Waals surface area contributed by atoms with E-state index in [1.165, 1.54) is 0 Å². The van der Waals surface area contributed by atoms with Gasteiger partial charge in [0.2, 0.25) is 0 Å². The summed E-state index contributed by atoms with van der Waals surface area (Å²) in [5.41, 5.74) is 6.56. The third-order valence-electron chi connectivity index (χ3n) is 2.41. The molecule has 1 atom stereocenters. The molecule has 0 fully saturated rings. The van der Waals surface area contributed by atoms with E-state index >= 15 is 0 Å². The average molecular weight is 248 g/mol. The van der Waals surface area contributed by atoms with Gasteiger partial charge in [-0.1, -0.05) is 13.0 Å². The first-order chi connectivity index (χ1) is 8.71. The molecule has 2 N–H and O–H groups in total. The molecule has 18 heavy (non-hydrogen) atoms. The molecule has 4 nitrogen and oxygen atoms in total. The smallest absolute Gasteiger partial charge is 0.181 e. The lowest BCUT2D eigenvalue weighted by molar-refractivity contribution is 0.269. The quantitative estimate of drug-likeness (QED) is 0.803. The number of rotatable bonds is 7. The number of ether oxygens (including phenoxy) is 2. The fraction of sp³-hybridized carbons (Fsp3) is 0.500. The molecular weight excluding hydrogens is 228 g/mol. The molecule has 1 aromatic carbocycles. The molecule has 0 aliphatic heterocycles. The molecule has 0 saturated heterocycles. The number of hydrogen-bond acceptors (Lipinski definition) is 4. The van der Waals surface area contributed by atoms with E-state index in [9.17, 15) is 0 Å². The summed E-state index contributed by atoms with van der Waals surface area (Å²) >= 11 is 0. The average Bonchev–Trinajstić information content (AvgIpc) is 2.39. The van der Waals surface area contributed by atoms with Crippen LogP contribution in [-0.4, -0.2) is 19.3 Å². The van der Waals surface area contributed by atoms with Crippen molar-refractivity contribution in [2.75, 3.05) is 13.2 Å². The zero-order chi connectivity index (χ0) is 13.4. The van der Waals surface area contributed by atoms with Crippen molar-refractivity contribution in [1.29, 1.82) is 5.26 Å². The Kier molecular flexibility index (Phi) is 6.03. The lowest BCUT2D eigenvalue weighted by Gasteiger charge is -2.14. The van der Waals surface area contributed by atoms with Crippen LogP contribution >= 0.6 is 0 Å². The lowest BCUT2D eigenvalue weighted by Crippen LogP contribution is -2.12. The molecule has 0 bridgehead atoms. The van der Waals surface area contributed by atoms with Gasteiger partial charge in [-0.05, 0) is 37.9 Å². The van der Waals surface area contributed by atoms with Gasteiger partial charge in [-0.15, -0.1) is 0 Å². The van der Waals surface area contributed by atoms with Crippen LogP contribution in [0.15, 0.2) is 18.2 Å². The van der Waals surface area contributed by atoms with E-state index < -0.39 is 6.10 Å². The number of nitrogens with zero attached hydrogens (tertiary/aromatic N) is 1. The Balaban J connectivity index is 2.88. The first-order valence-electron chi connectivity index (χ1n) is 6.23. The minimum absolute atomic E-state index is 0.483. The Morgan fingerprint density at radius 1 is 1.44 bits per heavy atom. The van der Waals surface area contributed by atoms with Crippen LogP contribution in [-0.2, 0) is 6.42 Å². The molecule has 1 rings (SSSR count). The van der Waals surface area contributed by atoms with E-state index in [1.807, 2.05) is 18.2 Å². The standard InChI is InChI=1S/C14H20N2O2/c1-3-8-17-13-5-4-12(6-7-15)14(9-13)18-11(2)10-16/h4-5,9,11H,3,6-8,15H2,1-2H3. The van der Waals surface area contributed by atoms with Gasteiger partial charge in [-0.2, -0.15) is 5.26 Å². The van der Waals surface area contributed by atoms with E-state index in [-0.39, 0.29) is 0 Å². The first kappa shape index (κ1) is 14.3. The lowest BCUT2D eigenvalue weighted by atomic mass is 10.1. The summed E-state index contributed by atoms with van der Waals surface area (Å²) in [6.07, 6.45) is 1.19. The van der Waals surface area contributed by atoms with Crippen LogP contribution in [0.1, 0.15) is 25.8 Å². The third-order valence-corrected chi connectivity index (χ3v) is 2.41. The van der Waals surface area contributed by atoms with E-state index in [1.54, 1.807) is 6.92 Å². The summed E-state index contributed by atoms with van der Waals surface area (Å²) in [6, 6.07) is 7.73. The minimum Gasteiger partial charge on any atom is -0.493 e. The molecule has 0 spiro atoms. The molecule has 0 heterocycles. The predicted molar refractivity (Wildman–Crippen MR) is 70.7 cm³/mol. The van der Waals surface area contributed by atoms with Crippen LogP contribution in [0, 0.1) is 11.3 Å². The van der Waals surface area contributed by atoms with Crippen molar-refractivity contribution in [2.24, 2.45) is 5.73 Å². The van der Waals surface area contributed by atoms with Crippen LogP contribution in [0.25, 0.3) is 0 Å².